The van der Waals surface area contributed by atoms with Gasteiger partial charge in [-0.25, -0.2) is 0 Å². The van der Waals surface area contributed by atoms with Gasteiger partial charge in [0.1, 0.15) is 11.7 Å². The van der Waals surface area contributed by atoms with E-state index >= 15 is 0 Å². The van der Waals surface area contributed by atoms with Gasteiger partial charge < -0.3 is 24.4 Å². The van der Waals surface area contributed by atoms with Crippen molar-refractivity contribution in [2.24, 2.45) is 0 Å². The van der Waals surface area contributed by atoms with Gasteiger partial charge in [-0.3, -0.25) is 0 Å². The molecular weight excluding hydrogens is 344 g/mol. The molecule has 3 rings (SSSR count). The number of aliphatic hydroxyl groups is 2. The van der Waals surface area contributed by atoms with Gasteiger partial charge >= 0.3 is 0 Å². The van der Waals surface area contributed by atoms with E-state index in [2.05, 4.69) is 0 Å². The van der Waals surface area contributed by atoms with E-state index in [1.54, 1.807) is 6.92 Å². The fraction of sp³-hybridized carbons (Fsp3) is 0.455. The minimum Gasteiger partial charge on any atom is -0.393 e. The van der Waals surface area contributed by atoms with Gasteiger partial charge in [-0.05, 0) is 18.1 Å². The molecule has 0 radical (unpaired) electrons. The summed E-state index contributed by atoms with van der Waals surface area (Å²) in [4.78, 5) is 0. The van der Waals surface area contributed by atoms with E-state index in [0.717, 1.165) is 11.1 Å². The molecule has 27 heavy (non-hydrogen) atoms. The SMILES string of the molecule is C[C@]1(CO)O[C@@H](COCc2ccccc2)[C@H](OCc2ccccc2)C[C@@H]1O. The van der Waals surface area contributed by atoms with Crippen LogP contribution in [0, 0.1) is 0 Å². The Morgan fingerprint density at radius 1 is 1.00 bits per heavy atom. The average molecular weight is 372 g/mol. The van der Waals surface area contributed by atoms with E-state index in [1.807, 2.05) is 60.7 Å². The molecular formula is C22H28O5. The molecule has 1 aliphatic rings. The van der Waals surface area contributed by atoms with Crippen LogP contribution >= 0.6 is 0 Å². The Bertz CT molecular complexity index is 678. The number of aliphatic hydroxyl groups excluding tert-OH is 2. The molecule has 0 aromatic heterocycles. The lowest BCUT2D eigenvalue weighted by Gasteiger charge is -2.45. The minimum absolute atomic E-state index is 0.255. The van der Waals surface area contributed by atoms with Crippen LogP contribution in [0.15, 0.2) is 60.7 Å². The lowest BCUT2D eigenvalue weighted by Crippen LogP contribution is -2.58. The standard InChI is InChI=1S/C22H28O5/c1-22(16-23)21(24)12-19(26-14-18-10-6-3-7-11-18)20(27-22)15-25-13-17-8-4-2-5-9-17/h2-11,19-21,23-24H,12-16H2,1H3/t19-,20+,21+,22-/m1/s1. The number of rotatable bonds is 8. The molecule has 1 heterocycles. The van der Waals surface area contributed by atoms with Crippen LogP contribution in [0.25, 0.3) is 0 Å². The highest BCUT2D eigenvalue weighted by atomic mass is 16.6. The molecule has 0 amide bonds. The van der Waals surface area contributed by atoms with Gasteiger partial charge in [0.2, 0.25) is 0 Å². The van der Waals surface area contributed by atoms with Crippen molar-refractivity contribution in [1.82, 2.24) is 0 Å². The maximum Gasteiger partial charge on any atom is 0.115 e. The van der Waals surface area contributed by atoms with Gasteiger partial charge in [-0.2, -0.15) is 0 Å². The summed E-state index contributed by atoms with van der Waals surface area (Å²) in [5.74, 6) is 0. The largest absolute Gasteiger partial charge is 0.393 e. The number of hydrogen-bond donors (Lipinski definition) is 2. The molecule has 2 aromatic carbocycles. The molecule has 0 bridgehead atoms. The van der Waals surface area contributed by atoms with Gasteiger partial charge in [0.05, 0.1) is 38.6 Å². The molecule has 0 saturated carbocycles. The smallest absolute Gasteiger partial charge is 0.115 e. The van der Waals surface area contributed by atoms with Gasteiger partial charge in [0.25, 0.3) is 0 Å². The summed E-state index contributed by atoms with van der Waals surface area (Å²) in [7, 11) is 0. The zero-order chi connectivity index (χ0) is 19.1. The van der Waals surface area contributed by atoms with Crippen LogP contribution < -0.4 is 0 Å². The zero-order valence-corrected chi connectivity index (χ0v) is 15.7. The number of hydrogen-bond acceptors (Lipinski definition) is 5. The molecule has 2 aromatic rings. The Morgan fingerprint density at radius 2 is 1.59 bits per heavy atom. The van der Waals surface area contributed by atoms with E-state index < -0.39 is 11.7 Å². The summed E-state index contributed by atoms with van der Waals surface area (Å²) < 4.78 is 17.9. The average Bonchev–Trinajstić information content (AvgIpc) is 2.71. The van der Waals surface area contributed by atoms with Gasteiger partial charge in [-0.15, -0.1) is 0 Å². The Kier molecular flexibility index (Phi) is 6.99. The van der Waals surface area contributed by atoms with E-state index in [1.165, 1.54) is 0 Å². The summed E-state index contributed by atoms with van der Waals surface area (Å²) in [5, 5.41) is 20.1. The van der Waals surface area contributed by atoms with E-state index in [4.69, 9.17) is 14.2 Å². The predicted molar refractivity (Wildman–Crippen MR) is 102 cm³/mol. The van der Waals surface area contributed by atoms with Crippen LogP contribution in [0.5, 0.6) is 0 Å². The van der Waals surface area contributed by atoms with Crippen molar-refractivity contribution >= 4 is 0 Å². The number of ether oxygens (including phenoxy) is 3. The molecule has 1 aliphatic heterocycles. The molecule has 5 nitrogen and oxygen atoms in total. The predicted octanol–water partition coefficient (Wildman–Crippen LogP) is 2.69. The molecule has 0 spiro atoms. The van der Waals surface area contributed by atoms with E-state index in [-0.39, 0.29) is 18.8 Å². The first-order chi connectivity index (χ1) is 13.1. The highest BCUT2D eigenvalue weighted by molar-refractivity contribution is 5.14. The summed E-state index contributed by atoms with van der Waals surface area (Å²) >= 11 is 0. The van der Waals surface area contributed by atoms with Crippen LogP contribution in [0.1, 0.15) is 24.5 Å². The van der Waals surface area contributed by atoms with E-state index in [0.29, 0.717) is 26.2 Å². The second-order valence-corrected chi connectivity index (χ2v) is 7.21. The topological polar surface area (TPSA) is 68.2 Å². The van der Waals surface area contributed by atoms with Gasteiger partial charge in [-0.1, -0.05) is 60.7 Å². The third-order valence-corrected chi connectivity index (χ3v) is 5.01. The zero-order valence-electron chi connectivity index (χ0n) is 15.7. The van der Waals surface area contributed by atoms with Crippen LogP contribution in [-0.2, 0) is 27.4 Å². The molecule has 0 unspecified atom stereocenters. The van der Waals surface area contributed by atoms with E-state index in [9.17, 15) is 10.2 Å². The maximum atomic E-state index is 10.4. The van der Waals surface area contributed by atoms with Crippen molar-refractivity contribution in [3.63, 3.8) is 0 Å². The minimum atomic E-state index is -1.01. The Morgan fingerprint density at radius 3 is 2.19 bits per heavy atom. The maximum absolute atomic E-state index is 10.4. The fourth-order valence-corrected chi connectivity index (χ4v) is 3.23. The van der Waals surface area contributed by atoms with Crippen LogP contribution in [0.2, 0.25) is 0 Å². The monoisotopic (exact) mass is 372 g/mol. The molecule has 1 saturated heterocycles. The lowest BCUT2D eigenvalue weighted by atomic mass is 9.89. The second kappa shape index (κ2) is 9.44. The first-order valence-corrected chi connectivity index (χ1v) is 9.34. The van der Waals surface area contributed by atoms with Gasteiger partial charge in [0.15, 0.2) is 0 Å². The lowest BCUT2D eigenvalue weighted by molar-refractivity contribution is -0.252. The normalized spacial score (nSPS) is 28.2. The Hall–Kier alpha value is -1.76. The summed E-state index contributed by atoms with van der Waals surface area (Å²) in [6.45, 7) is 2.71. The molecule has 2 N–H and O–H groups in total. The van der Waals surface area contributed by atoms with Gasteiger partial charge in [0, 0.05) is 6.42 Å². The van der Waals surface area contributed by atoms with Crippen LogP contribution in [0.4, 0.5) is 0 Å². The first kappa shape index (κ1) is 20.0. The molecule has 146 valence electrons. The summed E-state index contributed by atoms with van der Waals surface area (Å²) in [5.41, 5.74) is 1.14. The molecule has 5 heteroatoms. The quantitative estimate of drug-likeness (QED) is 0.746. The van der Waals surface area contributed by atoms with Crippen molar-refractivity contribution in [3.05, 3.63) is 71.8 Å². The van der Waals surface area contributed by atoms with Crippen LogP contribution in [-0.4, -0.2) is 47.3 Å². The highest BCUT2D eigenvalue weighted by Gasteiger charge is 2.45. The fourth-order valence-electron chi connectivity index (χ4n) is 3.23. The van der Waals surface area contributed by atoms with Crippen molar-refractivity contribution < 1.29 is 24.4 Å². The first-order valence-electron chi connectivity index (χ1n) is 9.34. The van der Waals surface area contributed by atoms with Crippen molar-refractivity contribution in [2.45, 2.75) is 50.5 Å². The third kappa shape index (κ3) is 5.37. The summed E-state index contributed by atoms with van der Waals surface area (Å²) in [6, 6.07) is 19.8. The Balaban J connectivity index is 1.61. The molecule has 1 fully saturated rings. The van der Waals surface area contributed by atoms with Crippen molar-refractivity contribution in [3.8, 4) is 0 Å². The number of benzene rings is 2. The second-order valence-electron chi connectivity index (χ2n) is 7.21. The van der Waals surface area contributed by atoms with Crippen molar-refractivity contribution in [2.75, 3.05) is 13.2 Å². The van der Waals surface area contributed by atoms with Crippen molar-refractivity contribution in [1.29, 1.82) is 0 Å². The summed E-state index contributed by atoms with van der Waals surface area (Å²) in [6.07, 6.45) is -1.08. The highest BCUT2D eigenvalue weighted by Crippen LogP contribution is 2.31. The third-order valence-electron chi connectivity index (χ3n) is 5.01. The van der Waals surface area contributed by atoms with Crippen LogP contribution in [0.3, 0.4) is 0 Å². The Labute approximate surface area is 160 Å². The molecule has 4 atom stereocenters. The molecule has 0 aliphatic carbocycles.